The molecule has 4 rings (SSSR count). The number of pyridine rings is 1. The number of hydrogen-bond acceptors (Lipinski definition) is 3. The van der Waals surface area contributed by atoms with E-state index in [4.69, 9.17) is 10.7 Å². The third-order valence-corrected chi connectivity index (χ3v) is 6.34. The van der Waals surface area contributed by atoms with Crippen molar-refractivity contribution in [3.05, 3.63) is 53.9 Å². The average Bonchev–Trinajstić information content (AvgIpc) is 3.05. The number of imidazole rings is 1. The molecular formula is C25H34N4. The van der Waals surface area contributed by atoms with Gasteiger partial charge in [0, 0.05) is 30.0 Å². The fourth-order valence-corrected chi connectivity index (χ4v) is 4.54. The molecule has 1 unspecified atom stereocenters. The molecule has 0 radical (unpaired) electrons. The zero-order chi connectivity index (χ0) is 20.6. The minimum Gasteiger partial charge on any atom is -0.398 e. The highest BCUT2D eigenvalue weighted by Gasteiger charge is 2.24. The normalized spacial score (nSPS) is 18.4. The fourth-order valence-electron chi connectivity index (χ4n) is 4.54. The van der Waals surface area contributed by atoms with E-state index in [0.29, 0.717) is 6.04 Å². The Bertz CT molecular complexity index is 978. The molecule has 1 aliphatic heterocycles. The molecular weight excluding hydrogens is 356 g/mol. The molecule has 29 heavy (non-hydrogen) atoms. The van der Waals surface area contributed by atoms with Gasteiger partial charge in [-0.1, -0.05) is 58.4 Å². The number of benzene rings is 1. The highest BCUT2D eigenvalue weighted by atomic mass is 15.2. The Morgan fingerprint density at radius 2 is 1.83 bits per heavy atom. The molecule has 0 bridgehead atoms. The zero-order valence-corrected chi connectivity index (χ0v) is 18.3. The number of piperidine rings is 1. The highest BCUT2D eigenvalue weighted by Crippen LogP contribution is 2.31. The first-order valence-corrected chi connectivity index (χ1v) is 11.0. The van der Waals surface area contributed by atoms with Crippen LogP contribution in [0.15, 0.2) is 42.6 Å². The van der Waals surface area contributed by atoms with E-state index >= 15 is 0 Å². The maximum absolute atomic E-state index is 6.13. The maximum Gasteiger partial charge on any atom is 0.137 e. The molecule has 2 N–H and O–H groups in total. The second kappa shape index (κ2) is 7.83. The summed E-state index contributed by atoms with van der Waals surface area (Å²) in [4.78, 5) is 7.66. The molecule has 1 fully saturated rings. The number of likely N-dealkylation sites (tertiary alicyclic amines) is 1. The number of anilines is 1. The molecule has 0 spiro atoms. The van der Waals surface area contributed by atoms with E-state index in [1.807, 2.05) is 18.3 Å². The van der Waals surface area contributed by atoms with Crippen LogP contribution in [0.25, 0.3) is 16.9 Å². The first-order valence-electron chi connectivity index (χ1n) is 11.0. The van der Waals surface area contributed by atoms with E-state index in [1.54, 1.807) is 0 Å². The Morgan fingerprint density at radius 3 is 2.52 bits per heavy atom. The van der Waals surface area contributed by atoms with Gasteiger partial charge in [0.15, 0.2) is 0 Å². The summed E-state index contributed by atoms with van der Waals surface area (Å²) < 4.78 is 2.20. The SMILES string of the molecule is CCC1CCCCN1Cc1c(-c2ccc(C(C)(C)C)cc2)nc2ccc(N)cn12. The lowest BCUT2D eigenvalue weighted by Gasteiger charge is -2.35. The van der Waals surface area contributed by atoms with Gasteiger partial charge in [-0.25, -0.2) is 4.98 Å². The molecule has 1 saturated heterocycles. The number of nitrogen functional groups attached to an aromatic ring is 1. The van der Waals surface area contributed by atoms with Gasteiger partial charge < -0.3 is 10.1 Å². The van der Waals surface area contributed by atoms with Crippen molar-refractivity contribution in [2.45, 2.75) is 71.4 Å². The minimum atomic E-state index is 0.150. The van der Waals surface area contributed by atoms with Gasteiger partial charge in [0.1, 0.15) is 5.65 Å². The number of aromatic nitrogens is 2. The van der Waals surface area contributed by atoms with Crippen molar-refractivity contribution in [1.29, 1.82) is 0 Å². The summed E-state index contributed by atoms with van der Waals surface area (Å²) in [6, 6.07) is 13.6. The zero-order valence-electron chi connectivity index (χ0n) is 18.3. The molecule has 4 nitrogen and oxygen atoms in total. The number of nitrogens with zero attached hydrogens (tertiary/aromatic N) is 3. The van der Waals surface area contributed by atoms with Crippen molar-refractivity contribution < 1.29 is 0 Å². The molecule has 1 atom stereocenters. The molecule has 3 aromatic rings. The lowest BCUT2D eigenvalue weighted by molar-refractivity contribution is 0.134. The number of hydrogen-bond donors (Lipinski definition) is 1. The van der Waals surface area contributed by atoms with E-state index in [1.165, 1.54) is 42.5 Å². The largest absolute Gasteiger partial charge is 0.398 e. The predicted molar refractivity (Wildman–Crippen MR) is 122 cm³/mol. The molecule has 0 amide bonds. The maximum atomic E-state index is 6.13. The van der Waals surface area contributed by atoms with Gasteiger partial charge in [-0.15, -0.1) is 0 Å². The molecule has 2 aromatic heterocycles. The molecule has 3 heterocycles. The van der Waals surface area contributed by atoms with Gasteiger partial charge in [-0.3, -0.25) is 4.90 Å². The van der Waals surface area contributed by atoms with Crippen LogP contribution in [0.2, 0.25) is 0 Å². The molecule has 4 heteroatoms. The lowest BCUT2D eigenvalue weighted by Crippen LogP contribution is -2.38. The molecule has 1 aromatic carbocycles. The van der Waals surface area contributed by atoms with Gasteiger partial charge in [0.05, 0.1) is 11.4 Å². The van der Waals surface area contributed by atoms with Crippen molar-refractivity contribution in [2.75, 3.05) is 12.3 Å². The average molecular weight is 391 g/mol. The van der Waals surface area contributed by atoms with Gasteiger partial charge in [0.25, 0.3) is 0 Å². The highest BCUT2D eigenvalue weighted by molar-refractivity contribution is 5.68. The summed E-state index contributed by atoms with van der Waals surface area (Å²) in [6.07, 6.45) is 7.15. The summed E-state index contributed by atoms with van der Waals surface area (Å²) >= 11 is 0. The Kier molecular flexibility index (Phi) is 5.39. The van der Waals surface area contributed by atoms with Crippen LogP contribution in [0.4, 0.5) is 5.69 Å². The van der Waals surface area contributed by atoms with Crippen LogP contribution < -0.4 is 5.73 Å². The number of fused-ring (bicyclic) bond motifs is 1. The van der Waals surface area contributed by atoms with E-state index in [2.05, 4.69) is 61.3 Å². The van der Waals surface area contributed by atoms with Crippen molar-refractivity contribution in [1.82, 2.24) is 14.3 Å². The van der Waals surface area contributed by atoms with Crippen LogP contribution >= 0.6 is 0 Å². The van der Waals surface area contributed by atoms with Gasteiger partial charge in [0.2, 0.25) is 0 Å². The number of rotatable bonds is 4. The smallest absolute Gasteiger partial charge is 0.137 e. The van der Waals surface area contributed by atoms with Gasteiger partial charge in [-0.2, -0.15) is 0 Å². The lowest BCUT2D eigenvalue weighted by atomic mass is 9.86. The molecule has 0 aliphatic carbocycles. The topological polar surface area (TPSA) is 46.6 Å². The Balaban J connectivity index is 1.78. The van der Waals surface area contributed by atoms with Crippen molar-refractivity contribution in [2.24, 2.45) is 0 Å². The Labute approximate surface area is 174 Å². The third kappa shape index (κ3) is 4.04. The van der Waals surface area contributed by atoms with Crippen molar-refractivity contribution in [3.8, 4) is 11.3 Å². The van der Waals surface area contributed by atoms with Gasteiger partial charge in [-0.05, 0) is 48.9 Å². The van der Waals surface area contributed by atoms with Crippen LogP contribution in [-0.4, -0.2) is 26.9 Å². The quantitative estimate of drug-likeness (QED) is 0.626. The van der Waals surface area contributed by atoms with Crippen LogP contribution in [-0.2, 0) is 12.0 Å². The second-order valence-electron chi connectivity index (χ2n) is 9.45. The first-order chi connectivity index (χ1) is 13.9. The predicted octanol–water partition coefficient (Wildman–Crippen LogP) is 5.65. The third-order valence-electron chi connectivity index (χ3n) is 6.34. The van der Waals surface area contributed by atoms with Crippen LogP contribution in [0.3, 0.4) is 0 Å². The van der Waals surface area contributed by atoms with Gasteiger partial charge >= 0.3 is 0 Å². The van der Waals surface area contributed by atoms with E-state index < -0.39 is 0 Å². The summed E-state index contributed by atoms with van der Waals surface area (Å²) in [5, 5.41) is 0. The van der Waals surface area contributed by atoms with Crippen LogP contribution in [0.1, 0.15) is 64.6 Å². The summed E-state index contributed by atoms with van der Waals surface area (Å²) in [5.74, 6) is 0. The van der Waals surface area contributed by atoms with E-state index in [9.17, 15) is 0 Å². The summed E-state index contributed by atoms with van der Waals surface area (Å²) in [5.41, 5.74) is 12.9. The Morgan fingerprint density at radius 1 is 1.07 bits per heavy atom. The molecule has 154 valence electrons. The summed E-state index contributed by atoms with van der Waals surface area (Å²) in [7, 11) is 0. The van der Waals surface area contributed by atoms with Crippen LogP contribution in [0.5, 0.6) is 0 Å². The fraction of sp³-hybridized carbons (Fsp3) is 0.480. The standard InChI is InChI=1S/C25H34N4/c1-5-21-8-6-7-15-28(21)17-22-24(27-23-14-13-20(26)16-29(22)23)18-9-11-19(12-10-18)25(2,3)4/h9-14,16,21H,5-8,15,17,26H2,1-4H3. The van der Waals surface area contributed by atoms with Crippen LogP contribution in [0, 0.1) is 0 Å². The Hall–Kier alpha value is -2.33. The minimum absolute atomic E-state index is 0.150. The van der Waals surface area contributed by atoms with E-state index in [0.717, 1.165) is 30.1 Å². The number of nitrogens with two attached hydrogens (primary N) is 1. The van der Waals surface area contributed by atoms with E-state index in [-0.39, 0.29) is 5.41 Å². The second-order valence-corrected chi connectivity index (χ2v) is 9.45. The molecule has 0 saturated carbocycles. The monoisotopic (exact) mass is 390 g/mol. The first kappa shape index (κ1) is 20.0. The summed E-state index contributed by atoms with van der Waals surface area (Å²) in [6.45, 7) is 11.1. The van der Waals surface area contributed by atoms with Crippen molar-refractivity contribution >= 4 is 11.3 Å². The van der Waals surface area contributed by atoms with Crippen molar-refractivity contribution in [3.63, 3.8) is 0 Å². The molecule has 1 aliphatic rings.